The van der Waals surface area contributed by atoms with Crippen molar-refractivity contribution in [1.29, 1.82) is 0 Å². The van der Waals surface area contributed by atoms with Crippen LogP contribution in [0.1, 0.15) is 46.0 Å². The maximum Gasteiger partial charge on any atom is 0.317 e. The smallest absolute Gasteiger partial charge is 0.317 e. The van der Waals surface area contributed by atoms with Crippen molar-refractivity contribution in [2.24, 2.45) is 0 Å². The minimum atomic E-state index is -0.866. The van der Waals surface area contributed by atoms with Crippen LogP contribution >= 0.6 is 0 Å². The molecule has 1 fully saturated rings. The van der Waals surface area contributed by atoms with Crippen molar-refractivity contribution in [1.82, 2.24) is 10.2 Å². The number of urea groups is 1. The standard InChI is InChI=1S/C14H26N2O4/c1-11(2)20-10-4-3-8-15-14(19)16(12-5-6-12)9-7-13(17)18/h11-12H,3-10H2,1-2H3,(H,15,19)(H,17,18). The zero-order valence-corrected chi connectivity index (χ0v) is 12.4. The lowest BCUT2D eigenvalue weighted by atomic mass is 10.3. The van der Waals surface area contributed by atoms with Gasteiger partial charge in [0.15, 0.2) is 0 Å². The number of amides is 2. The first-order valence-electron chi connectivity index (χ1n) is 7.38. The van der Waals surface area contributed by atoms with E-state index in [1.54, 1.807) is 4.90 Å². The Kier molecular flexibility index (Phi) is 7.36. The molecule has 1 rings (SSSR count). The number of carbonyl (C=O) groups is 2. The van der Waals surface area contributed by atoms with Crippen LogP contribution in [0.25, 0.3) is 0 Å². The first kappa shape index (κ1) is 16.8. The summed E-state index contributed by atoms with van der Waals surface area (Å²) in [6.45, 7) is 5.60. The van der Waals surface area contributed by atoms with Gasteiger partial charge in [0.1, 0.15) is 0 Å². The molecule has 0 aromatic heterocycles. The summed E-state index contributed by atoms with van der Waals surface area (Å²) in [5, 5.41) is 11.5. The lowest BCUT2D eigenvalue weighted by Crippen LogP contribution is -2.42. The number of rotatable bonds is 10. The van der Waals surface area contributed by atoms with Gasteiger partial charge in [-0.05, 0) is 39.5 Å². The molecule has 1 aliphatic carbocycles. The topological polar surface area (TPSA) is 78.9 Å². The van der Waals surface area contributed by atoms with Crippen LogP contribution in [0.2, 0.25) is 0 Å². The van der Waals surface area contributed by atoms with Gasteiger partial charge in [-0.15, -0.1) is 0 Å². The highest BCUT2D eigenvalue weighted by Crippen LogP contribution is 2.26. The summed E-state index contributed by atoms with van der Waals surface area (Å²) < 4.78 is 5.42. The number of aliphatic carboxylic acids is 1. The summed E-state index contributed by atoms with van der Waals surface area (Å²) in [7, 11) is 0. The van der Waals surface area contributed by atoms with Crippen LogP contribution in [0.5, 0.6) is 0 Å². The molecule has 1 aliphatic rings. The van der Waals surface area contributed by atoms with Crippen LogP contribution in [-0.4, -0.2) is 53.8 Å². The zero-order chi connectivity index (χ0) is 15.0. The second-order valence-corrected chi connectivity index (χ2v) is 5.43. The van der Waals surface area contributed by atoms with Crippen LogP contribution in [-0.2, 0) is 9.53 Å². The van der Waals surface area contributed by atoms with E-state index < -0.39 is 5.97 Å². The quantitative estimate of drug-likeness (QED) is 0.601. The van der Waals surface area contributed by atoms with Gasteiger partial charge in [0.05, 0.1) is 12.5 Å². The normalized spacial score (nSPS) is 14.3. The number of nitrogens with zero attached hydrogens (tertiary/aromatic N) is 1. The molecule has 0 spiro atoms. The Bertz CT molecular complexity index is 316. The minimum Gasteiger partial charge on any atom is -0.481 e. The fourth-order valence-electron chi connectivity index (χ4n) is 1.90. The van der Waals surface area contributed by atoms with Crippen molar-refractivity contribution in [3.8, 4) is 0 Å². The summed E-state index contributed by atoms with van der Waals surface area (Å²) in [5.41, 5.74) is 0. The first-order chi connectivity index (χ1) is 9.50. The lowest BCUT2D eigenvalue weighted by molar-refractivity contribution is -0.137. The highest BCUT2D eigenvalue weighted by atomic mass is 16.5. The Morgan fingerprint density at radius 3 is 2.60 bits per heavy atom. The van der Waals surface area contributed by atoms with E-state index >= 15 is 0 Å². The number of ether oxygens (including phenoxy) is 1. The average Bonchev–Trinajstić information content (AvgIpc) is 3.17. The maximum absolute atomic E-state index is 12.0. The molecule has 0 atom stereocenters. The molecule has 6 heteroatoms. The predicted molar refractivity (Wildman–Crippen MR) is 75.7 cm³/mol. The maximum atomic E-state index is 12.0. The highest BCUT2D eigenvalue weighted by molar-refractivity contribution is 5.76. The Morgan fingerprint density at radius 1 is 1.35 bits per heavy atom. The highest BCUT2D eigenvalue weighted by Gasteiger charge is 2.32. The van der Waals surface area contributed by atoms with E-state index in [2.05, 4.69) is 5.32 Å². The molecule has 0 aromatic carbocycles. The monoisotopic (exact) mass is 286 g/mol. The van der Waals surface area contributed by atoms with Gasteiger partial charge >= 0.3 is 12.0 Å². The van der Waals surface area contributed by atoms with Crippen molar-refractivity contribution in [2.75, 3.05) is 19.7 Å². The van der Waals surface area contributed by atoms with Gasteiger partial charge in [0.25, 0.3) is 0 Å². The third-order valence-corrected chi connectivity index (χ3v) is 3.11. The number of hydrogen-bond donors (Lipinski definition) is 2. The van der Waals surface area contributed by atoms with Gasteiger partial charge in [-0.25, -0.2) is 4.79 Å². The number of carbonyl (C=O) groups excluding carboxylic acids is 1. The molecule has 6 nitrogen and oxygen atoms in total. The van der Waals surface area contributed by atoms with E-state index in [-0.39, 0.29) is 24.6 Å². The van der Waals surface area contributed by atoms with Crippen LogP contribution in [0.4, 0.5) is 4.79 Å². The first-order valence-corrected chi connectivity index (χ1v) is 7.38. The summed E-state index contributed by atoms with van der Waals surface area (Å²) in [6, 6.07) is 0.0946. The van der Waals surface area contributed by atoms with Crippen LogP contribution < -0.4 is 5.32 Å². The van der Waals surface area contributed by atoms with Crippen LogP contribution in [0.3, 0.4) is 0 Å². The molecule has 0 saturated heterocycles. The van der Waals surface area contributed by atoms with Gasteiger partial charge < -0.3 is 20.1 Å². The van der Waals surface area contributed by atoms with Crippen LogP contribution in [0, 0.1) is 0 Å². The molecule has 0 heterocycles. The summed E-state index contributed by atoms with van der Waals surface area (Å²) >= 11 is 0. The average molecular weight is 286 g/mol. The fourth-order valence-corrected chi connectivity index (χ4v) is 1.90. The minimum absolute atomic E-state index is 0.00610. The molecule has 2 N–H and O–H groups in total. The van der Waals surface area contributed by atoms with E-state index in [4.69, 9.17) is 9.84 Å². The van der Waals surface area contributed by atoms with Gasteiger partial charge in [-0.3, -0.25) is 4.79 Å². The number of unbranched alkanes of at least 4 members (excludes halogenated alkanes) is 1. The molecular formula is C14H26N2O4. The van der Waals surface area contributed by atoms with E-state index in [9.17, 15) is 9.59 Å². The molecule has 0 bridgehead atoms. The van der Waals surface area contributed by atoms with Gasteiger partial charge in [0, 0.05) is 25.7 Å². The van der Waals surface area contributed by atoms with Crippen molar-refractivity contribution >= 4 is 12.0 Å². The third-order valence-electron chi connectivity index (χ3n) is 3.11. The van der Waals surface area contributed by atoms with Crippen molar-refractivity contribution < 1.29 is 19.4 Å². The van der Waals surface area contributed by atoms with E-state index in [0.29, 0.717) is 19.7 Å². The Morgan fingerprint density at radius 2 is 2.05 bits per heavy atom. The summed E-state index contributed by atoms with van der Waals surface area (Å²) in [4.78, 5) is 24.2. The lowest BCUT2D eigenvalue weighted by Gasteiger charge is -2.22. The zero-order valence-electron chi connectivity index (χ0n) is 12.4. The van der Waals surface area contributed by atoms with Gasteiger partial charge in [0.2, 0.25) is 0 Å². The number of carboxylic acids is 1. The second-order valence-electron chi connectivity index (χ2n) is 5.43. The van der Waals surface area contributed by atoms with E-state index in [1.165, 1.54) is 0 Å². The number of hydrogen-bond acceptors (Lipinski definition) is 3. The molecule has 1 saturated carbocycles. The van der Waals surface area contributed by atoms with Crippen molar-refractivity contribution in [3.05, 3.63) is 0 Å². The Hall–Kier alpha value is -1.30. The second kappa shape index (κ2) is 8.79. The molecule has 0 radical (unpaired) electrons. The van der Waals surface area contributed by atoms with Gasteiger partial charge in [-0.1, -0.05) is 0 Å². The number of nitrogens with one attached hydrogen (secondary N) is 1. The molecule has 0 aliphatic heterocycles. The largest absolute Gasteiger partial charge is 0.481 e. The fraction of sp³-hybridized carbons (Fsp3) is 0.857. The molecular weight excluding hydrogens is 260 g/mol. The molecule has 20 heavy (non-hydrogen) atoms. The van der Waals surface area contributed by atoms with Crippen molar-refractivity contribution in [3.63, 3.8) is 0 Å². The SMILES string of the molecule is CC(C)OCCCCNC(=O)N(CCC(=O)O)C1CC1. The molecule has 0 aromatic rings. The molecule has 2 amide bonds. The Balaban J connectivity index is 2.13. The Labute approximate surface area is 120 Å². The van der Waals surface area contributed by atoms with E-state index in [0.717, 1.165) is 25.7 Å². The van der Waals surface area contributed by atoms with E-state index in [1.807, 2.05) is 13.8 Å². The summed E-state index contributed by atoms with van der Waals surface area (Å²) in [6.07, 6.45) is 4.00. The van der Waals surface area contributed by atoms with Gasteiger partial charge in [-0.2, -0.15) is 0 Å². The molecule has 116 valence electrons. The predicted octanol–water partition coefficient (Wildman–Crippen LogP) is 1.84. The van der Waals surface area contributed by atoms with Crippen LogP contribution in [0.15, 0.2) is 0 Å². The summed E-state index contributed by atoms with van der Waals surface area (Å²) in [5.74, 6) is -0.866. The molecule has 0 unspecified atom stereocenters. The van der Waals surface area contributed by atoms with Crippen molar-refractivity contribution in [2.45, 2.75) is 58.1 Å². The third kappa shape index (κ3) is 7.33. The number of carboxylic acid groups (broad SMARTS) is 1.